The Balaban J connectivity index is 2.22. The molecular formula is C13H15N3OS. The molecule has 94 valence electrons. The number of para-hydroxylation sites is 1. The predicted octanol–water partition coefficient (Wildman–Crippen LogP) is 2.71. The third-order valence-electron chi connectivity index (χ3n) is 2.38. The van der Waals surface area contributed by atoms with E-state index in [9.17, 15) is 0 Å². The first-order valence-corrected chi connectivity index (χ1v) is 6.82. The lowest BCUT2D eigenvalue weighted by atomic mass is 10.2. The number of hydrogen-bond donors (Lipinski definition) is 1. The molecule has 0 saturated carbocycles. The number of aromatic nitrogens is 2. The van der Waals surface area contributed by atoms with Crippen molar-refractivity contribution in [1.29, 1.82) is 0 Å². The van der Waals surface area contributed by atoms with Gasteiger partial charge in [0.2, 0.25) is 5.88 Å². The lowest BCUT2D eigenvalue weighted by Gasteiger charge is -2.10. The highest BCUT2D eigenvalue weighted by Gasteiger charge is 2.05. The molecule has 5 heteroatoms. The smallest absolute Gasteiger partial charge is 0.223 e. The van der Waals surface area contributed by atoms with Crippen LogP contribution in [0.4, 0.5) is 0 Å². The molecule has 4 nitrogen and oxygen atoms in total. The minimum atomic E-state index is 0.568. The van der Waals surface area contributed by atoms with Gasteiger partial charge in [0.1, 0.15) is 17.1 Å². The molecule has 1 N–H and O–H groups in total. The van der Waals surface area contributed by atoms with E-state index in [0.29, 0.717) is 5.88 Å². The van der Waals surface area contributed by atoms with Gasteiger partial charge in [-0.25, -0.2) is 9.97 Å². The van der Waals surface area contributed by atoms with Crippen molar-refractivity contribution in [2.45, 2.75) is 11.6 Å². The number of ether oxygens (including phenoxy) is 1. The highest BCUT2D eigenvalue weighted by Crippen LogP contribution is 2.25. The largest absolute Gasteiger partial charge is 0.439 e. The fourth-order valence-corrected chi connectivity index (χ4v) is 1.91. The van der Waals surface area contributed by atoms with Crippen molar-refractivity contribution < 1.29 is 4.74 Å². The summed E-state index contributed by atoms with van der Waals surface area (Å²) in [5, 5.41) is 4.01. The second kappa shape index (κ2) is 6.37. The van der Waals surface area contributed by atoms with E-state index >= 15 is 0 Å². The molecule has 0 saturated heterocycles. The second-order valence-electron chi connectivity index (χ2n) is 3.64. The third-order valence-corrected chi connectivity index (χ3v) is 3.02. The lowest BCUT2D eigenvalue weighted by molar-refractivity contribution is 0.452. The zero-order valence-electron chi connectivity index (χ0n) is 10.4. The Morgan fingerprint density at radius 1 is 1.28 bits per heavy atom. The normalized spacial score (nSPS) is 10.3. The highest BCUT2D eigenvalue weighted by molar-refractivity contribution is 7.98. The van der Waals surface area contributed by atoms with Crippen molar-refractivity contribution in [3.63, 3.8) is 0 Å². The van der Waals surface area contributed by atoms with Gasteiger partial charge < -0.3 is 10.1 Å². The topological polar surface area (TPSA) is 47.0 Å². The first-order valence-electron chi connectivity index (χ1n) is 5.60. The van der Waals surface area contributed by atoms with E-state index in [0.717, 1.165) is 22.9 Å². The Bertz CT molecular complexity index is 519. The van der Waals surface area contributed by atoms with Crippen LogP contribution >= 0.6 is 11.8 Å². The van der Waals surface area contributed by atoms with Gasteiger partial charge in [0.15, 0.2) is 0 Å². The molecule has 0 aliphatic rings. The van der Waals surface area contributed by atoms with Crippen LogP contribution in [0.1, 0.15) is 5.56 Å². The summed E-state index contributed by atoms with van der Waals surface area (Å²) in [5.41, 5.74) is 1.10. The van der Waals surface area contributed by atoms with Crippen molar-refractivity contribution in [1.82, 2.24) is 15.3 Å². The van der Waals surface area contributed by atoms with Crippen LogP contribution in [-0.4, -0.2) is 23.3 Å². The Morgan fingerprint density at radius 2 is 2.11 bits per heavy atom. The van der Waals surface area contributed by atoms with Gasteiger partial charge in [0.25, 0.3) is 0 Å². The molecular weight excluding hydrogens is 246 g/mol. The van der Waals surface area contributed by atoms with Gasteiger partial charge in [-0.3, -0.25) is 0 Å². The van der Waals surface area contributed by atoms with Crippen LogP contribution in [0.3, 0.4) is 0 Å². The predicted molar refractivity (Wildman–Crippen MR) is 73.1 cm³/mol. The molecule has 1 aromatic carbocycles. The lowest BCUT2D eigenvalue weighted by Crippen LogP contribution is -2.06. The van der Waals surface area contributed by atoms with E-state index in [1.165, 1.54) is 6.33 Å². The van der Waals surface area contributed by atoms with Crippen LogP contribution in [0, 0.1) is 0 Å². The van der Waals surface area contributed by atoms with Gasteiger partial charge in [-0.2, -0.15) is 0 Å². The summed E-state index contributed by atoms with van der Waals surface area (Å²) >= 11 is 1.56. The van der Waals surface area contributed by atoms with Crippen LogP contribution in [-0.2, 0) is 6.54 Å². The Labute approximate surface area is 111 Å². The second-order valence-corrected chi connectivity index (χ2v) is 4.47. The molecule has 18 heavy (non-hydrogen) atoms. The molecule has 0 aliphatic heterocycles. The van der Waals surface area contributed by atoms with E-state index in [-0.39, 0.29) is 0 Å². The molecule has 0 radical (unpaired) electrons. The summed E-state index contributed by atoms with van der Waals surface area (Å²) < 4.78 is 5.80. The molecule has 0 fully saturated rings. The number of thioether (sulfide) groups is 1. The first kappa shape index (κ1) is 12.9. The van der Waals surface area contributed by atoms with E-state index < -0.39 is 0 Å². The number of nitrogens with one attached hydrogen (secondary N) is 1. The molecule has 0 spiro atoms. The Hall–Kier alpha value is -1.59. The minimum absolute atomic E-state index is 0.568. The average Bonchev–Trinajstić information content (AvgIpc) is 2.41. The molecule has 1 heterocycles. The first-order chi connectivity index (χ1) is 8.83. The molecule has 1 aromatic heterocycles. The van der Waals surface area contributed by atoms with Gasteiger partial charge in [0, 0.05) is 18.2 Å². The fourth-order valence-electron chi connectivity index (χ4n) is 1.54. The minimum Gasteiger partial charge on any atom is -0.439 e. The fraction of sp³-hybridized carbons (Fsp3) is 0.231. The van der Waals surface area contributed by atoms with Crippen molar-refractivity contribution in [2.75, 3.05) is 13.3 Å². The van der Waals surface area contributed by atoms with Crippen molar-refractivity contribution in [3.05, 3.63) is 42.2 Å². The summed E-state index contributed by atoms with van der Waals surface area (Å²) in [7, 11) is 1.91. The van der Waals surface area contributed by atoms with E-state index in [2.05, 4.69) is 15.3 Å². The Morgan fingerprint density at radius 3 is 2.89 bits per heavy atom. The van der Waals surface area contributed by atoms with Crippen molar-refractivity contribution >= 4 is 11.8 Å². The van der Waals surface area contributed by atoms with E-state index in [1.807, 2.05) is 43.6 Å². The third kappa shape index (κ3) is 3.21. The van der Waals surface area contributed by atoms with Gasteiger partial charge in [-0.1, -0.05) is 18.2 Å². The van der Waals surface area contributed by atoms with E-state index in [1.54, 1.807) is 11.8 Å². The summed E-state index contributed by atoms with van der Waals surface area (Å²) in [6.07, 6.45) is 3.49. The van der Waals surface area contributed by atoms with Crippen molar-refractivity contribution in [2.24, 2.45) is 0 Å². The van der Waals surface area contributed by atoms with Crippen LogP contribution in [0.15, 0.2) is 41.7 Å². The molecule has 0 atom stereocenters. The number of hydrogen-bond acceptors (Lipinski definition) is 5. The van der Waals surface area contributed by atoms with Crippen LogP contribution in [0.2, 0.25) is 0 Å². The number of benzene rings is 1. The average molecular weight is 261 g/mol. The maximum atomic E-state index is 5.80. The standard InChI is InChI=1S/C13H15N3OS/c1-14-8-10-5-3-4-6-11(10)17-12-7-13(18-2)16-9-15-12/h3-7,9,14H,8H2,1-2H3. The van der Waals surface area contributed by atoms with Crippen LogP contribution in [0.5, 0.6) is 11.6 Å². The quantitative estimate of drug-likeness (QED) is 0.662. The summed E-state index contributed by atoms with van der Waals surface area (Å²) in [6.45, 7) is 0.761. The Kier molecular flexibility index (Phi) is 4.55. The maximum absolute atomic E-state index is 5.80. The van der Waals surface area contributed by atoms with Crippen molar-refractivity contribution in [3.8, 4) is 11.6 Å². The zero-order valence-corrected chi connectivity index (χ0v) is 11.2. The molecule has 0 aliphatic carbocycles. The number of nitrogens with zero attached hydrogens (tertiary/aromatic N) is 2. The monoisotopic (exact) mass is 261 g/mol. The highest BCUT2D eigenvalue weighted by atomic mass is 32.2. The van der Waals surface area contributed by atoms with Crippen LogP contribution < -0.4 is 10.1 Å². The molecule has 0 amide bonds. The van der Waals surface area contributed by atoms with Crippen LogP contribution in [0.25, 0.3) is 0 Å². The maximum Gasteiger partial charge on any atom is 0.223 e. The molecule has 2 aromatic rings. The molecule has 0 unspecified atom stereocenters. The summed E-state index contributed by atoms with van der Waals surface area (Å²) in [5.74, 6) is 1.38. The molecule has 0 bridgehead atoms. The zero-order chi connectivity index (χ0) is 12.8. The van der Waals surface area contributed by atoms with Gasteiger partial charge in [0.05, 0.1) is 0 Å². The van der Waals surface area contributed by atoms with Gasteiger partial charge in [-0.05, 0) is 19.4 Å². The van der Waals surface area contributed by atoms with Gasteiger partial charge >= 0.3 is 0 Å². The number of rotatable bonds is 5. The molecule has 2 rings (SSSR count). The summed E-state index contributed by atoms with van der Waals surface area (Å²) in [6, 6.07) is 9.74. The summed E-state index contributed by atoms with van der Waals surface area (Å²) in [4.78, 5) is 8.23. The van der Waals surface area contributed by atoms with Gasteiger partial charge in [-0.15, -0.1) is 11.8 Å². The van der Waals surface area contributed by atoms with E-state index in [4.69, 9.17) is 4.74 Å². The SMILES string of the molecule is CNCc1ccccc1Oc1cc(SC)ncn1.